The monoisotopic (exact) mass is 281 g/mol. The van der Waals surface area contributed by atoms with Gasteiger partial charge in [0.2, 0.25) is 0 Å². The second-order valence-electron chi connectivity index (χ2n) is 1.41. The summed E-state index contributed by atoms with van der Waals surface area (Å²) in [6, 6.07) is 0. The molecule has 10 heavy (non-hydrogen) atoms. The molecule has 1 atom stereocenters. The van der Waals surface area contributed by atoms with E-state index in [0.29, 0.717) is 0 Å². The van der Waals surface area contributed by atoms with Gasteiger partial charge in [-0.05, 0) is 0 Å². The summed E-state index contributed by atoms with van der Waals surface area (Å²) in [5.41, 5.74) is -2.50. The fourth-order valence-corrected chi connectivity index (χ4v) is 3.22. The number of rotatable bonds is 4. The van der Waals surface area contributed by atoms with Crippen molar-refractivity contribution in [1.29, 1.82) is 0 Å². The SMILES string of the molecule is CC=CCSP(O)(=S)[O][Mo]. The van der Waals surface area contributed by atoms with Crippen molar-refractivity contribution in [2.45, 2.75) is 6.92 Å². The Bertz CT molecular complexity index is 161. The van der Waals surface area contributed by atoms with Gasteiger partial charge < -0.3 is 0 Å². The van der Waals surface area contributed by atoms with Crippen LogP contribution in [0.3, 0.4) is 0 Å². The minimum atomic E-state index is -2.50. The van der Waals surface area contributed by atoms with Gasteiger partial charge in [0.15, 0.2) is 0 Å². The maximum absolute atomic E-state index is 9.19. The van der Waals surface area contributed by atoms with Crippen LogP contribution in [-0.4, -0.2) is 10.6 Å². The van der Waals surface area contributed by atoms with Gasteiger partial charge in [-0.15, -0.1) is 0 Å². The van der Waals surface area contributed by atoms with Gasteiger partial charge >= 0.3 is 82.0 Å². The van der Waals surface area contributed by atoms with E-state index in [1.54, 1.807) is 0 Å². The van der Waals surface area contributed by atoms with Crippen LogP contribution in [0.1, 0.15) is 6.92 Å². The third kappa shape index (κ3) is 6.08. The first-order chi connectivity index (χ1) is 4.62. The van der Waals surface area contributed by atoms with Crippen molar-refractivity contribution in [3.63, 3.8) is 0 Å². The van der Waals surface area contributed by atoms with Crippen molar-refractivity contribution >= 4 is 28.9 Å². The molecule has 2 nitrogen and oxygen atoms in total. The molecule has 0 aliphatic rings. The maximum atomic E-state index is 9.19. The number of allylic oxidation sites excluding steroid dienone is 1. The van der Waals surface area contributed by atoms with E-state index >= 15 is 0 Å². The molecule has 0 radical (unpaired) electrons. The van der Waals surface area contributed by atoms with E-state index in [-0.39, 0.29) is 0 Å². The molecule has 0 fully saturated rings. The van der Waals surface area contributed by atoms with Gasteiger partial charge in [0.25, 0.3) is 0 Å². The molecular weight excluding hydrogens is 271 g/mol. The normalized spacial score (nSPS) is 17.4. The first kappa shape index (κ1) is 11.3. The zero-order chi connectivity index (χ0) is 8.04. The van der Waals surface area contributed by atoms with Gasteiger partial charge in [-0.1, -0.05) is 0 Å². The third-order valence-corrected chi connectivity index (χ3v) is 7.44. The van der Waals surface area contributed by atoms with E-state index in [4.69, 9.17) is 15.0 Å². The summed E-state index contributed by atoms with van der Waals surface area (Å²) in [6.45, 7) is 1.93. The quantitative estimate of drug-likeness (QED) is 0.484. The molecule has 0 bridgehead atoms. The molecule has 6 heteroatoms. The van der Waals surface area contributed by atoms with Crippen molar-refractivity contribution in [3.8, 4) is 0 Å². The Morgan fingerprint density at radius 1 is 1.90 bits per heavy atom. The molecule has 0 saturated carbocycles. The van der Waals surface area contributed by atoms with E-state index in [2.05, 4.69) is 0 Å². The molecule has 1 unspecified atom stereocenters. The van der Waals surface area contributed by atoms with Gasteiger partial charge in [-0.2, -0.15) is 0 Å². The van der Waals surface area contributed by atoms with E-state index in [0.717, 1.165) is 5.75 Å². The molecule has 0 aliphatic heterocycles. The topological polar surface area (TPSA) is 29.5 Å². The summed E-state index contributed by atoms with van der Waals surface area (Å²) in [5, 5.41) is 0. The van der Waals surface area contributed by atoms with Crippen LogP contribution in [0, 0.1) is 0 Å². The second-order valence-corrected chi connectivity index (χ2v) is 8.62. The van der Waals surface area contributed by atoms with Crippen LogP contribution in [-0.2, 0) is 35.2 Å². The molecule has 59 valence electrons. The van der Waals surface area contributed by atoms with Crippen molar-refractivity contribution in [1.82, 2.24) is 0 Å². The summed E-state index contributed by atoms with van der Waals surface area (Å²) >= 11 is 7.38. The van der Waals surface area contributed by atoms with Gasteiger partial charge in [0, 0.05) is 0 Å². The average molecular weight is 279 g/mol. The number of hydrogen-bond acceptors (Lipinski definition) is 3. The Balaban J connectivity index is 3.57. The summed E-state index contributed by atoms with van der Waals surface area (Å²) in [5.74, 6) is 0.722. The Hall–Kier alpha value is 1.35. The fourth-order valence-electron chi connectivity index (χ4n) is 0.255. The van der Waals surface area contributed by atoms with Crippen LogP contribution >= 0.6 is 17.1 Å². The van der Waals surface area contributed by atoms with Gasteiger partial charge in [-0.25, -0.2) is 0 Å². The van der Waals surface area contributed by atoms with E-state index < -0.39 is 5.69 Å². The van der Waals surface area contributed by atoms with Gasteiger partial charge in [0.05, 0.1) is 0 Å². The molecule has 0 amide bonds. The molecule has 0 saturated heterocycles. The molecular formula is C4H8MoO2PS2. The molecule has 0 rings (SSSR count). The van der Waals surface area contributed by atoms with Crippen molar-refractivity contribution in [2.24, 2.45) is 0 Å². The Kier molecular flexibility index (Phi) is 6.73. The zero-order valence-electron chi connectivity index (χ0n) is 5.39. The summed E-state index contributed by atoms with van der Waals surface area (Å²) in [4.78, 5) is 9.19. The van der Waals surface area contributed by atoms with Crippen molar-refractivity contribution in [3.05, 3.63) is 12.2 Å². The van der Waals surface area contributed by atoms with Crippen LogP contribution in [0.25, 0.3) is 0 Å². The predicted molar refractivity (Wildman–Crippen MR) is 44.9 cm³/mol. The first-order valence-electron chi connectivity index (χ1n) is 2.52. The minimum absolute atomic E-state index is 0.722. The summed E-state index contributed by atoms with van der Waals surface area (Å²) in [6.07, 6.45) is 3.85. The average Bonchev–Trinajstić information content (AvgIpc) is 1.89. The Labute approximate surface area is 81.7 Å². The van der Waals surface area contributed by atoms with E-state index in [1.807, 2.05) is 19.1 Å². The van der Waals surface area contributed by atoms with E-state index in [1.165, 1.54) is 31.6 Å². The molecule has 0 aromatic heterocycles. The summed E-state index contributed by atoms with van der Waals surface area (Å²) in [7, 11) is 0. The van der Waals surface area contributed by atoms with Gasteiger partial charge in [0.1, 0.15) is 0 Å². The summed E-state index contributed by atoms with van der Waals surface area (Å²) < 4.78 is 4.70. The molecule has 1 N–H and O–H groups in total. The molecule has 0 aromatic rings. The van der Waals surface area contributed by atoms with E-state index in [9.17, 15) is 4.89 Å². The fraction of sp³-hybridized carbons (Fsp3) is 0.500. The van der Waals surface area contributed by atoms with Crippen LogP contribution in [0.4, 0.5) is 0 Å². The Morgan fingerprint density at radius 3 is 2.90 bits per heavy atom. The predicted octanol–water partition coefficient (Wildman–Crippen LogP) is 1.99. The van der Waals surface area contributed by atoms with Gasteiger partial charge in [-0.3, -0.25) is 0 Å². The van der Waals surface area contributed by atoms with Crippen molar-refractivity contribution in [2.75, 3.05) is 5.75 Å². The van der Waals surface area contributed by atoms with Crippen LogP contribution in [0.15, 0.2) is 12.2 Å². The molecule has 0 aromatic carbocycles. The standard InChI is InChI=1S/C4H9O2PS2.Mo/c1-2-3-4-9-7(5,6)8;/h2-3H,4H2,1H3,(H2,5,6,8);/q;+1/p-1. The first-order valence-corrected chi connectivity index (χ1v) is 7.61. The molecule has 0 spiro atoms. The molecule has 0 heterocycles. The number of hydrogen-bond donors (Lipinski definition) is 1. The molecule has 0 aliphatic carbocycles. The third-order valence-electron chi connectivity index (χ3n) is 0.664. The van der Waals surface area contributed by atoms with Crippen LogP contribution < -0.4 is 0 Å². The second kappa shape index (κ2) is 5.93. The zero-order valence-corrected chi connectivity index (χ0v) is 9.92. The van der Waals surface area contributed by atoms with Crippen LogP contribution in [0.2, 0.25) is 0 Å². The van der Waals surface area contributed by atoms with Crippen molar-refractivity contribution < 1.29 is 28.3 Å². The van der Waals surface area contributed by atoms with Crippen LogP contribution in [0.5, 0.6) is 0 Å². The Morgan fingerprint density at radius 2 is 2.50 bits per heavy atom.